The van der Waals surface area contributed by atoms with Gasteiger partial charge < -0.3 is 5.32 Å². The average molecular weight is 548 g/mol. The van der Waals surface area contributed by atoms with Crippen molar-refractivity contribution in [3.05, 3.63) is 86.5 Å². The third-order valence-electron chi connectivity index (χ3n) is 5.14. The lowest BCUT2D eigenvalue weighted by Crippen LogP contribution is -2.38. The number of rotatable bonds is 6. The van der Waals surface area contributed by atoms with Gasteiger partial charge in [-0.2, -0.15) is 0 Å². The number of halogens is 1. The first-order valence-electron chi connectivity index (χ1n) is 9.80. The number of carbonyl (C=O) groups excluding carboxylic acids is 1. The molecule has 3 rings (SSSR count). The summed E-state index contributed by atoms with van der Waals surface area (Å²) in [7, 11) is -3.93. The molecule has 0 aliphatic heterocycles. The van der Waals surface area contributed by atoms with Gasteiger partial charge in [-0.3, -0.25) is 9.10 Å². The fourth-order valence-electron chi connectivity index (χ4n) is 3.12. The smallest absolute Gasteiger partial charge is 0.264 e. The van der Waals surface area contributed by atoms with E-state index in [0.717, 1.165) is 25.8 Å². The quantitative estimate of drug-likeness (QED) is 0.422. The van der Waals surface area contributed by atoms with Crippen molar-refractivity contribution in [3.8, 4) is 0 Å². The Hall–Kier alpha value is -2.39. The highest BCUT2D eigenvalue weighted by Crippen LogP contribution is 2.26. The first kappa shape index (κ1) is 23.3. The van der Waals surface area contributed by atoms with Crippen LogP contribution in [0, 0.1) is 31.3 Å². The normalized spacial score (nSPS) is 11.3. The summed E-state index contributed by atoms with van der Waals surface area (Å²) < 4.78 is 29.2. The van der Waals surface area contributed by atoms with E-state index in [1.807, 2.05) is 52.0 Å². The third kappa shape index (κ3) is 5.46. The second-order valence-electron chi connectivity index (χ2n) is 7.60. The van der Waals surface area contributed by atoms with Crippen LogP contribution in [0.2, 0.25) is 0 Å². The van der Waals surface area contributed by atoms with E-state index in [-0.39, 0.29) is 11.4 Å². The first-order valence-corrected chi connectivity index (χ1v) is 12.3. The monoisotopic (exact) mass is 548 g/mol. The van der Waals surface area contributed by atoms with Crippen molar-refractivity contribution in [1.29, 1.82) is 0 Å². The number of nitrogens with zero attached hydrogens (tertiary/aromatic N) is 1. The Bertz CT molecular complexity index is 1220. The Labute approximate surface area is 197 Å². The van der Waals surface area contributed by atoms with Gasteiger partial charge in [0.05, 0.1) is 10.6 Å². The molecule has 5 nitrogen and oxygen atoms in total. The number of nitrogens with one attached hydrogen (secondary N) is 1. The SMILES string of the molecule is Cc1ccc(S(=O)(=O)N(CC(=O)Nc2ccc(I)cc2C)c2ccc(C)c(C)c2)cc1. The van der Waals surface area contributed by atoms with Gasteiger partial charge in [-0.05, 0) is 109 Å². The van der Waals surface area contributed by atoms with Crippen LogP contribution in [0.3, 0.4) is 0 Å². The van der Waals surface area contributed by atoms with E-state index in [1.165, 1.54) is 4.31 Å². The maximum Gasteiger partial charge on any atom is 0.264 e. The fourth-order valence-corrected chi connectivity index (χ4v) is 5.18. The molecule has 0 bridgehead atoms. The lowest BCUT2D eigenvalue weighted by atomic mass is 10.1. The van der Waals surface area contributed by atoms with Crippen LogP contribution < -0.4 is 9.62 Å². The Morgan fingerprint density at radius 1 is 0.871 bits per heavy atom. The molecule has 0 aliphatic rings. The van der Waals surface area contributed by atoms with Crippen molar-refractivity contribution in [2.45, 2.75) is 32.6 Å². The Balaban J connectivity index is 1.98. The summed E-state index contributed by atoms with van der Waals surface area (Å²) in [6.07, 6.45) is 0. The van der Waals surface area contributed by atoms with Gasteiger partial charge in [-0.25, -0.2) is 8.42 Å². The van der Waals surface area contributed by atoms with Gasteiger partial charge in [0.2, 0.25) is 5.91 Å². The summed E-state index contributed by atoms with van der Waals surface area (Å²) in [5, 5.41) is 2.85. The summed E-state index contributed by atoms with van der Waals surface area (Å²) in [4.78, 5) is 13.0. The van der Waals surface area contributed by atoms with E-state index < -0.39 is 15.9 Å². The van der Waals surface area contributed by atoms with Crippen LogP contribution in [-0.4, -0.2) is 20.9 Å². The molecule has 3 aromatic rings. The van der Waals surface area contributed by atoms with E-state index in [0.29, 0.717) is 11.4 Å². The number of sulfonamides is 1. The van der Waals surface area contributed by atoms with Crippen LogP contribution >= 0.6 is 22.6 Å². The zero-order valence-corrected chi connectivity index (χ0v) is 20.9. The van der Waals surface area contributed by atoms with E-state index in [2.05, 4.69) is 27.9 Å². The van der Waals surface area contributed by atoms with Crippen molar-refractivity contribution >= 4 is 49.9 Å². The molecule has 1 amide bonds. The van der Waals surface area contributed by atoms with Gasteiger partial charge in [-0.15, -0.1) is 0 Å². The molecule has 162 valence electrons. The summed E-state index contributed by atoms with van der Waals surface area (Å²) in [6, 6.07) is 17.7. The van der Waals surface area contributed by atoms with Crippen LogP contribution in [-0.2, 0) is 14.8 Å². The molecular formula is C24H25IN2O3S. The van der Waals surface area contributed by atoms with Crippen LogP contribution in [0.25, 0.3) is 0 Å². The number of hydrogen-bond donors (Lipinski definition) is 1. The van der Waals surface area contributed by atoms with E-state index in [1.54, 1.807) is 36.4 Å². The van der Waals surface area contributed by atoms with Gasteiger partial charge in [0, 0.05) is 9.26 Å². The van der Waals surface area contributed by atoms with Gasteiger partial charge in [0.1, 0.15) is 6.54 Å². The molecule has 0 unspecified atom stereocenters. The van der Waals surface area contributed by atoms with Crippen LogP contribution in [0.1, 0.15) is 22.3 Å². The number of carbonyl (C=O) groups is 1. The summed E-state index contributed by atoms with van der Waals surface area (Å²) in [5.41, 5.74) is 5.00. The molecule has 0 aliphatic carbocycles. The van der Waals surface area contributed by atoms with E-state index in [4.69, 9.17) is 0 Å². The Morgan fingerprint density at radius 2 is 1.55 bits per heavy atom. The van der Waals surface area contributed by atoms with E-state index >= 15 is 0 Å². The predicted molar refractivity (Wildman–Crippen MR) is 134 cm³/mol. The standard InChI is InChI=1S/C24H25IN2O3S/c1-16-5-10-22(11-6-16)31(29,30)27(21-9-7-17(2)18(3)14-21)15-24(28)26-23-12-8-20(25)13-19(23)4/h5-14H,15H2,1-4H3,(H,26,28). The maximum absolute atomic E-state index is 13.5. The molecule has 0 atom stereocenters. The van der Waals surface area contributed by atoms with Crippen LogP contribution in [0.5, 0.6) is 0 Å². The summed E-state index contributed by atoms with van der Waals surface area (Å²) >= 11 is 2.21. The molecule has 0 heterocycles. The van der Waals surface area contributed by atoms with Crippen LogP contribution in [0.4, 0.5) is 11.4 Å². The topological polar surface area (TPSA) is 66.5 Å². The number of benzene rings is 3. The zero-order chi connectivity index (χ0) is 22.8. The maximum atomic E-state index is 13.5. The molecule has 1 N–H and O–H groups in total. The molecule has 0 fully saturated rings. The molecule has 0 saturated carbocycles. The van der Waals surface area contributed by atoms with Gasteiger partial charge in [0.25, 0.3) is 10.0 Å². The van der Waals surface area contributed by atoms with Crippen molar-refractivity contribution in [3.63, 3.8) is 0 Å². The minimum absolute atomic E-state index is 0.148. The van der Waals surface area contributed by atoms with Crippen LogP contribution in [0.15, 0.2) is 65.6 Å². The van der Waals surface area contributed by atoms with Gasteiger partial charge in [0.15, 0.2) is 0 Å². The first-order chi connectivity index (χ1) is 14.6. The number of amides is 1. The summed E-state index contributed by atoms with van der Waals surface area (Å²) in [5.74, 6) is -0.404. The Morgan fingerprint density at radius 3 is 2.16 bits per heavy atom. The third-order valence-corrected chi connectivity index (χ3v) is 7.60. The highest BCUT2D eigenvalue weighted by molar-refractivity contribution is 14.1. The van der Waals surface area contributed by atoms with Gasteiger partial charge >= 0.3 is 0 Å². The molecule has 0 aromatic heterocycles. The number of hydrogen-bond acceptors (Lipinski definition) is 3. The molecule has 7 heteroatoms. The lowest BCUT2D eigenvalue weighted by molar-refractivity contribution is -0.114. The molecule has 3 aromatic carbocycles. The largest absolute Gasteiger partial charge is 0.324 e. The second-order valence-corrected chi connectivity index (χ2v) is 10.7. The summed E-state index contributed by atoms with van der Waals surface area (Å²) in [6.45, 7) is 7.36. The molecule has 0 radical (unpaired) electrons. The molecule has 0 saturated heterocycles. The van der Waals surface area contributed by atoms with Crippen molar-refractivity contribution < 1.29 is 13.2 Å². The predicted octanol–water partition coefficient (Wildman–Crippen LogP) is 5.36. The zero-order valence-electron chi connectivity index (χ0n) is 17.9. The van der Waals surface area contributed by atoms with E-state index in [9.17, 15) is 13.2 Å². The average Bonchev–Trinajstić information content (AvgIpc) is 2.71. The highest BCUT2D eigenvalue weighted by Gasteiger charge is 2.27. The fraction of sp³-hybridized carbons (Fsp3) is 0.208. The molecule has 0 spiro atoms. The highest BCUT2D eigenvalue weighted by atomic mass is 127. The second kappa shape index (κ2) is 9.40. The number of aryl methyl sites for hydroxylation is 4. The van der Waals surface area contributed by atoms with Gasteiger partial charge in [-0.1, -0.05) is 23.8 Å². The Kier molecular flexibility index (Phi) is 7.06. The molecule has 31 heavy (non-hydrogen) atoms. The van der Waals surface area contributed by atoms with Crippen molar-refractivity contribution in [2.75, 3.05) is 16.2 Å². The minimum Gasteiger partial charge on any atom is -0.324 e. The number of anilines is 2. The lowest BCUT2D eigenvalue weighted by Gasteiger charge is -2.25. The van der Waals surface area contributed by atoms with Crippen molar-refractivity contribution in [1.82, 2.24) is 0 Å². The van der Waals surface area contributed by atoms with Crippen molar-refractivity contribution in [2.24, 2.45) is 0 Å². The minimum atomic E-state index is -3.93. The molecular weight excluding hydrogens is 523 g/mol.